The summed E-state index contributed by atoms with van der Waals surface area (Å²) < 4.78 is 9.86. The number of nitriles is 1. The van der Waals surface area contributed by atoms with E-state index in [2.05, 4.69) is 32.2 Å². The average Bonchev–Trinajstić information content (AvgIpc) is 3.38. The molecule has 0 radical (unpaired) electrons. The molecule has 4 heterocycles. The van der Waals surface area contributed by atoms with E-state index in [1.807, 2.05) is 43.9 Å². The molecule has 0 aliphatic carbocycles. The van der Waals surface area contributed by atoms with E-state index in [1.165, 1.54) is 0 Å². The molecule has 0 spiro atoms. The molecule has 9 heteroatoms. The molecule has 1 aliphatic rings. The minimum atomic E-state index is -0.502. The Morgan fingerprint density at radius 2 is 2.07 bits per heavy atom. The van der Waals surface area contributed by atoms with Crippen LogP contribution in [0.2, 0.25) is 0 Å². The van der Waals surface area contributed by atoms with Crippen molar-refractivity contribution in [2.24, 2.45) is 0 Å². The standard InChI is InChI=1S/C20H21BrN6O2/c1-20(2,3)29-19(28)25-5-4-16(12-25)26-11-15(9-23-26)13-6-17(21)18-14(7-22)8-24-27(18)10-13/h6,8-11,16H,4-5,12H2,1-3H3/t16-/m0/s1. The Balaban J connectivity index is 1.53. The van der Waals surface area contributed by atoms with Crippen molar-refractivity contribution >= 4 is 27.5 Å². The Labute approximate surface area is 176 Å². The zero-order valence-electron chi connectivity index (χ0n) is 16.5. The first-order valence-corrected chi connectivity index (χ1v) is 10.1. The highest BCUT2D eigenvalue weighted by Crippen LogP contribution is 2.30. The van der Waals surface area contributed by atoms with Crippen LogP contribution in [0.1, 0.15) is 38.8 Å². The number of rotatable bonds is 2. The molecule has 1 fully saturated rings. The zero-order chi connectivity index (χ0) is 20.8. The summed E-state index contributed by atoms with van der Waals surface area (Å²) >= 11 is 3.54. The third kappa shape index (κ3) is 3.85. The molecule has 3 aromatic rings. The van der Waals surface area contributed by atoms with Gasteiger partial charge in [0.25, 0.3) is 0 Å². The minimum Gasteiger partial charge on any atom is -0.444 e. The van der Waals surface area contributed by atoms with Crippen molar-refractivity contribution in [2.45, 2.75) is 38.8 Å². The van der Waals surface area contributed by atoms with Gasteiger partial charge in [0.05, 0.1) is 29.5 Å². The first-order chi connectivity index (χ1) is 13.7. The number of hydrogen-bond donors (Lipinski definition) is 0. The van der Waals surface area contributed by atoms with Gasteiger partial charge in [-0.3, -0.25) is 4.68 Å². The van der Waals surface area contributed by atoms with Gasteiger partial charge < -0.3 is 9.64 Å². The summed E-state index contributed by atoms with van der Waals surface area (Å²) in [5, 5.41) is 18.0. The summed E-state index contributed by atoms with van der Waals surface area (Å²) in [5.41, 5.74) is 2.64. The summed E-state index contributed by atoms with van der Waals surface area (Å²) in [4.78, 5) is 14.0. The number of pyridine rings is 1. The summed E-state index contributed by atoms with van der Waals surface area (Å²) in [6, 6.07) is 4.21. The lowest BCUT2D eigenvalue weighted by Gasteiger charge is -2.24. The van der Waals surface area contributed by atoms with Gasteiger partial charge in [-0.05, 0) is 49.2 Å². The van der Waals surface area contributed by atoms with Gasteiger partial charge in [-0.2, -0.15) is 15.5 Å². The predicted molar refractivity (Wildman–Crippen MR) is 110 cm³/mol. The van der Waals surface area contributed by atoms with Crippen LogP contribution in [-0.2, 0) is 4.74 Å². The van der Waals surface area contributed by atoms with E-state index in [0.717, 1.165) is 27.5 Å². The van der Waals surface area contributed by atoms with Crippen LogP contribution in [0.5, 0.6) is 0 Å². The highest BCUT2D eigenvalue weighted by atomic mass is 79.9. The van der Waals surface area contributed by atoms with Crippen LogP contribution in [-0.4, -0.2) is 49.1 Å². The number of aromatic nitrogens is 4. The molecule has 8 nitrogen and oxygen atoms in total. The quantitative estimate of drug-likeness (QED) is 0.580. The summed E-state index contributed by atoms with van der Waals surface area (Å²) in [6.07, 6.45) is 7.76. The van der Waals surface area contributed by atoms with E-state index in [-0.39, 0.29) is 12.1 Å². The van der Waals surface area contributed by atoms with Crippen LogP contribution in [0.4, 0.5) is 4.79 Å². The van der Waals surface area contributed by atoms with Gasteiger partial charge in [-0.15, -0.1) is 0 Å². The number of hydrogen-bond acceptors (Lipinski definition) is 5. The molecule has 0 unspecified atom stereocenters. The fourth-order valence-electron chi connectivity index (χ4n) is 3.45. The number of nitrogens with zero attached hydrogens (tertiary/aromatic N) is 6. The van der Waals surface area contributed by atoms with Crippen molar-refractivity contribution in [2.75, 3.05) is 13.1 Å². The molecule has 0 aromatic carbocycles. The van der Waals surface area contributed by atoms with Crippen LogP contribution < -0.4 is 0 Å². The number of amides is 1. The molecule has 3 aromatic heterocycles. The van der Waals surface area contributed by atoms with Crippen molar-refractivity contribution < 1.29 is 9.53 Å². The van der Waals surface area contributed by atoms with Crippen molar-refractivity contribution in [1.29, 1.82) is 5.26 Å². The topological polar surface area (TPSA) is 88.5 Å². The molecule has 0 bridgehead atoms. The van der Waals surface area contributed by atoms with E-state index in [9.17, 15) is 10.1 Å². The van der Waals surface area contributed by atoms with Crippen LogP contribution in [0.25, 0.3) is 16.6 Å². The van der Waals surface area contributed by atoms with Crippen LogP contribution in [0, 0.1) is 11.3 Å². The molecule has 1 amide bonds. The number of halogens is 1. The first-order valence-electron chi connectivity index (χ1n) is 9.34. The molecule has 150 valence electrons. The van der Waals surface area contributed by atoms with Gasteiger partial charge in [0.2, 0.25) is 0 Å². The highest BCUT2D eigenvalue weighted by molar-refractivity contribution is 9.10. The third-order valence-corrected chi connectivity index (χ3v) is 5.41. The molecule has 0 saturated carbocycles. The van der Waals surface area contributed by atoms with Gasteiger partial charge in [0, 0.05) is 41.1 Å². The summed E-state index contributed by atoms with van der Waals surface area (Å²) in [5.74, 6) is 0. The maximum Gasteiger partial charge on any atom is 0.410 e. The Hall–Kier alpha value is -2.86. The second kappa shape index (κ2) is 7.19. The largest absolute Gasteiger partial charge is 0.444 e. The second-order valence-electron chi connectivity index (χ2n) is 8.12. The minimum absolute atomic E-state index is 0.110. The van der Waals surface area contributed by atoms with Gasteiger partial charge in [0.15, 0.2) is 0 Å². The molecule has 1 aliphatic heterocycles. The van der Waals surface area contributed by atoms with Gasteiger partial charge in [0.1, 0.15) is 11.7 Å². The summed E-state index contributed by atoms with van der Waals surface area (Å²) in [7, 11) is 0. The Morgan fingerprint density at radius 1 is 1.28 bits per heavy atom. The average molecular weight is 457 g/mol. The number of likely N-dealkylation sites (tertiary alicyclic amines) is 1. The van der Waals surface area contributed by atoms with Crippen molar-refractivity contribution in [3.63, 3.8) is 0 Å². The Kier molecular flexibility index (Phi) is 4.82. The molecule has 1 atom stereocenters. The molecule has 0 N–H and O–H groups in total. The Morgan fingerprint density at radius 3 is 2.79 bits per heavy atom. The lowest BCUT2D eigenvalue weighted by molar-refractivity contribution is 0.0288. The number of ether oxygens (including phenoxy) is 1. The predicted octanol–water partition coefficient (Wildman–Crippen LogP) is 4.01. The van der Waals surface area contributed by atoms with Crippen molar-refractivity contribution in [3.05, 3.63) is 40.9 Å². The molecular weight excluding hydrogens is 436 g/mol. The van der Waals surface area contributed by atoms with Crippen LogP contribution >= 0.6 is 15.9 Å². The Bertz CT molecular complexity index is 1120. The lowest BCUT2D eigenvalue weighted by atomic mass is 10.1. The van der Waals surface area contributed by atoms with E-state index < -0.39 is 5.60 Å². The smallest absolute Gasteiger partial charge is 0.410 e. The van der Waals surface area contributed by atoms with Gasteiger partial charge in [-0.25, -0.2) is 9.31 Å². The number of carbonyl (C=O) groups excluding carboxylic acids is 1. The van der Waals surface area contributed by atoms with E-state index in [4.69, 9.17) is 4.74 Å². The van der Waals surface area contributed by atoms with Gasteiger partial charge in [-0.1, -0.05) is 0 Å². The number of fused-ring (bicyclic) bond motifs is 1. The third-order valence-electron chi connectivity index (χ3n) is 4.81. The number of carbonyl (C=O) groups is 1. The highest BCUT2D eigenvalue weighted by Gasteiger charge is 2.31. The van der Waals surface area contributed by atoms with Crippen molar-refractivity contribution in [3.8, 4) is 17.2 Å². The van der Waals surface area contributed by atoms with Crippen LogP contribution in [0.3, 0.4) is 0 Å². The lowest BCUT2D eigenvalue weighted by Crippen LogP contribution is -2.35. The molecule has 29 heavy (non-hydrogen) atoms. The first kappa shape index (κ1) is 19.5. The maximum atomic E-state index is 12.3. The SMILES string of the molecule is CC(C)(C)OC(=O)N1CC[C@H](n2cc(-c3cc(Br)c4c(C#N)cnn4c3)cn2)C1. The van der Waals surface area contributed by atoms with Gasteiger partial charge >= 0.3 is 6.09 Å². The monoisotopic (exact) mass is 456 g/mol. The van der Waals surface area contributed by atoms with E-state index in [1.54, 1.807) is 21.8 Å². The second-order valence-corrected chi connectivity index (χ2v) is 8.97. The maximum absolute atomic E-state index is 12.3. The molecule has 1 saturated heterocycles. The normalized spacial score (nSPS) is 16.9. The van der Waals surface area contributed by atoms with Crippen molar-refractivity contribution in [1.82, 2.24) is 24.3 Å². The molecule has 4 rings (SSSR count). The van der Waals surface area contributed by atoms with E-state index >= 15 is 0 Å². The molecular formula is C20H21BrN6O2. The zero-order valence-corrected chi connectivity index (χ0v) is 18.0. The fraction of sp³-hybridized carbons (Fsp3) is 0.400. The van der Waals surface area contributed by atoms with Crippen LogP contribution in [0.15, 0.2) is 35.3 Å². The fourth-order valence-corrected chi connectivity index (χ4v) is 4.09. The van der Waals surface area contributed by atoms with E-state index in [0.29, 0.717) is 18.7 Å². The summed E-state index contributed by atoms with van der Waals surface area (Å²) in [6.45, 7) is 6.82.